The standard InChI is InChI=1S/C20H29N3O3S.ClH/c1-22(18-13-16-7-8-17(14-18)21-16)20(24)15-9-11-23(12-10-15)27(25,26)19-5-3-2-4-6-19;/h2-6,15-18,21H,7-14H2,1H3;1H. The molecule has 2 unspecified atom stereocenters. The van der Waals surface area contributed by atoms with E-state index < -0.39 is 10.0 Å². The fourth-order valence-electron chi connectivity index (χ4n) is 4.90. The highest BCUT2D eigenvalue weighted by atomic mass is 35.5. The van der Waals surface area contributed by atoms with Crippen LogP contribution in [0, 0.1) is 5.92 Å². The van der Waals surface area contributed by atoms with Gasteiger partial charge in [0.2, 0.25) is 15.9 Å². The average molecular weight is 428 g/mol. The topological polar surface area (TPSA) is 69.7 Å². The maximum Gasteiger partial charge on any atom is 0.243 e. The zero-order valence-corrected chi connectivity index (χ0v) is 17.9. The molecule has 0 aromatic heterocycles. The first-order chi connectivity index (χ1) is 12.9. The number of hydrogen-bond acceptors (Lipinski definition) is 4. The predicted octanol–water partition coefficient (Wildman–Crippen LogP) is 2.25. The van der Waals surface area contributed by atoms with Crippen molar-refractivity contribution < 1.29 is 13.2 Å². The molecule has 2 atom stereocenters. The van der Waals surface area contributed by atoms with Gasteiger partial charge in [-0.1, -0.05) is 18.2 Å². The van der Waals surface area contributed by atoms with E-state index in [2.05, 4.69) is 5.32 Å². The first kappa shape index (κ1) is 21.6. The van der Waals surface area contributed by atoms with E-state index in [-0.39, 0.29) is 24.2 Å². The quantitative estimate of drug-likeness (QED) is 0.800. The summed E-state index contributed by atoms with van der Waals surface area (Å²) in [6.45, 7) is 0.831. The molecule has 3 heterocycles. The third-order valence-electron chi connectivity index (χ3n) is 6.53. The lowest BCUT2D eigenvalue weighted by atomic mass is 9.93. The van der Waals surface area contributed by atoms with Gasteiger partial charge in [-0.25, -0.2) is 8.42 Å². The molecule has 0 aliphatic carbocycles. The molecule has 3 aliphatic heterocycles. The van der Waals surface area contributed by atoms with Gasteiger partial charge in [0, 0.05) is 44.2 Å². The number of amides is 1. The SMILES string of the molecule is CN(C(=O)C1CCN(S(=O)(=O)c2ccccc2)CC1)C1CC2CCC(C1)N2.Cl. The van der Waals surface area contributed by atoms with Crippen LogP contribution in [0.4, 0.5) is 0 Å². The molecule has 4 rings (SSSR count). The van der Waals surface area contributed by atoms with Crippen molar-refractivity contribution in [2.75, 3.05) is 20.1 Å². The second kappa shape index (κ2) is 8.69. The van der Waals surface area contributed by atoms with Gasteiger partial charge in [-0.15, -0.1) is 12.4 Å². The Morgan fingerprint density at radius 3 is 2.18 bits per heavy atom. The van der Waals surface area contributed by atoms with E-state index in [0.717, 1.165) is 12.8 Å². The van der Waals surface area contributed by atoms with E-state index in [9.17, 15) is 13.2 Å². The Morgan fingerprint density at radius 1 is 1.04 bits per heavy atom. The fourth-order valence-corrected chi connectivity index (χ4v) is 6.39. The summed E-state index contributed by atoms with van der Waals surface area (Å²) in [6.07, 6.45) is 5.73. The lowest BCUT2D eigenvalue weighted by Crippen LogP contribution is -2.51. The van der Waals surface area contributed by atoms with Gasteiger partial charge in [-0.3, -0.25) is 4.79 Å². The number of sulfonamides is 1. The van der Waals surface area contributed by atoms with Crippen LogP contribution in [0.3, 0.4) is 0 Å². The van der Waals surface area contributed by atoms with E-state index >= 15 is 0 Å². The molecule has 0 spiro atoms. The number of nitrogens with zero attached hydrogens (tertiary/aromatic N) is 2. The molecule has 1 aromatic rings. The third-order valence-corrected chi connectivity index (χ3v) is 8.44. The average Bonchev–Trinajstić information content (AvgIpc) is 3.05. The maximum absolute atomic E-state index is 13.0. The summed E-state index contributed by atoms with van der Waals surface area (Å²) >= 11 is 0. The number of benzene rings is 1. The number of hydrogen-bond donors (Lipinski definition) is 1. The van der Waals surface area contributed by atoms with Crippen LogP contribution in [0.2, 0.25) is 0 Å². The van der Waals surface area contributed by atoms with E-state index in [4.69, 9.17) is 0 Å². The first-order valence-electron chi connectivity index (χ1n) is 10.0. The summed E-state index contributed by atoms with van der Waals surface area (Å²) in [4.78, 5) is 15.3. The Kier molecular flexibility index (Phi) is 6.69. The second-order valence-electron chi connectivity index (χ2n) is 8.20. The molecule has 1 aromatic carbocycles. The van der Waals surface area contributed by atoms with Gasteiger partial charge < -0.3 is 10.2 Å². The van der Waals surface area contributed by atoms with Gasteiger partial charge in [0.1, 0.15) is 0 Å². The summed E-state index contributed by atoms with van der Waals surface area (Å²) in [7, 11) is -1.52. The molecule has 0 radical (unpaired) electrons. The highest BCUT2D eigenvalue weighted by molar-refractivity contribution is 7.89. The van der Waals surface area contributed by atoms with Crippen molar-refractivity contribution in [1.82, 2.24) is 14.5 Å². The van der Waals surface area contributed by atoms with Gasteiger partial charge in [-0.2, -0.15) is 4.31 Å². The molecule has 3 aliphatic rings. The predicted molar refractivity (Wildman–Crippen MR) is 111 cm³/mol. The van der Waals surface area contributed by atoms with E-state index in [1.807, 2.05) is 18.0 Å². The monoisotopic (exact) mass is 427 g/mol. The lowest BCUT2D eigenvalue weighted by molar-refractivity contribution is -0.138. The first-order valence-corrected chi connectivity index (χ1v) is 11.5. The molecule has 3 saturated heterocycles. The summed E-state index contributed by atoms with van der Waals surface area (Å²) in [5.74, 6) is 0.128. The van der Waals surface area contributed by atoms with Gasteiger partial charge >= 0.3 is 0 Å². The molecule has 6 nitrogen and oxygen atoms in total. The largest absolute Gasteiger partial charge is 0.342 e. The fraction of sp³-hybridized carbons (Fsp3) is 0.650. The molecule has 2 bridgehead atoms. The van der Waals surface area contributed by atoms with E-state index in [0.29, 0.717) is 49.0 Å². The molecule has 8 heteroatoms. The highest BCUT2D eigenvalue weighted by Gasteiger charge is 2.39. The summed E-state index contributed by atoms with van der Waals surface area (Å²) in [6, 6.07) is 9.99. The number of carbonyl (C=O) groups excluding carboxylic acids is 1. The molecule has 28 heavy (non-hydrogen) atoms. The van der Waals surface area contributed by atoms with Crippen molar-refractivity contribution in [2.45, 2.75) is 61.5 Å². The maximum atomic E-state index is 13.0. The molecule has 0 saturated carbocycles. The van der Waals surface area contributed by atoms with Crippen molar-refractivity contribution in [3.05, 3.63) is 30.3 Å². The van der Waals surface area contributed by atoms with E-state index in [1.165, 1.54) is 17.1 Å². The van der Waals surface area contributed by atoms with Crippen molar-refractivity contribution >= 4 is 28.3 Å². The Labute approximate surface area is 174 Å². The van der Waals surface area contributed by atoms with Crippen LogP contribution >= 0.6 is 12.4 Å². The minimum Gasteiger partial charge on any atom is -0.342 e. The molecular weight excluding hydrogens is 398 g/mol. The number of nitrogens with one attached hydrogen (secondary N) is 1. The van der Waals surface area contributed by atoms with Crippen molar-refractivity contribution in [3.8, 4) is 0 Å². The highest BCUT2D eigenvalue weighted by Crippen LogP contribution is 2.31. The Bertz CT molecular complexity index is 769. The van der Waals surface area contributed by atoms with Crippen LogP contribution < -0.4 is 5.32 Å². The zero-order chi connectivity index (χ0) is 19.0. The van der Waals surface area contributed by atoms with E-state index in [1.54, 1.807) is 24.3 Å². The van der Waals surface area contributed by atoms with Crippen molar-refractivity contribution in [1.29, 1.82) is 0 Å². The molecule has 156 valence electrons. The summed E-state index contributed by atoms with van der Waals surface area (Å²) in [5, 5.41) is 3.62. The molecule has 3 fully saturated rings. The van der Waals surface area contributed by atoms with Crippen LogP contribution in [-0.2, 0) is 14.8 Å². The van der Waals surface area contributed by atoms with Crippen LogP contribution in [0.25, 0.3) is 0 Å². The number of carbonyl (C=O) groups is 1. The Morgan fingerprint density at radius 2 is 1.61 bits per heavy atom. The van der Waals surface area contributed by atoms with Crippen LogP contribution in [-0.4, -0.2) is 61.8 Å². The Hall–Kier alpha value is -1.15. The molecule has 1 N–H and O–H groups in total. The van der Waals surface area contributed by atoms with Gasteiger partial charge in [0.15, 0.2) is 0 Å². The molecule has 1 amide bonds. The van der Waals surface area contributed by atoms with Gasteiger partial charge in [-0.05, 0) is 50.7 Å². The summed E-state index contributed by atoms with van der Waals surface area (Å²) in [5.41, 5.74) is 0. The number of halogens is 1. The van der Waals surface area contributed by atoms with Crippen LogP contribution in [0.15, 0.2) is 35.2 Å². The third kappa shape index (κ3) is 4.22. The normalized spacial score (nSPS) is 28.5. The van der Waals surface area contributed by atoms with Crippen molar-refractivity contribution in [3.63, 3.8) is 0 Å². The zero-order valence-electron chi connectivity index (χ0n) is 16.3. The number of piperidine rings is 2. The Balaban J connectivity index is 0.00000225. The van der Waals surface area contributed by atoms with Crippen molar-refractivity contribution in [2.24, 2.45) is 5.92 Å². The lowest BCUT2D eigenvalue weighted by Gasteiger charge is -2.38. The van der Waals surface area contributed by atoms with Crippen LogP contribution in [0.1, 0.15) is 38.5 Å². The van der Waals surface area contributed by atoms with Crippen LogP contribution in [0.5, 0.6) is 0 Å². The summed E-state index contributed by atoms with van der Waals surface area (Å²) < 4.78 is 27.0. The number of fused-ring (bicyclic) bond motifs is 2. The molecular formula is C20H30ClN3O3S. The number of rotatable bonds is 4. The second-order valence-corrected chi connectivity index (χ2v) is 10.1. The minimum atomic E-state index is -3.46. The van der Waals surface area contributed by atoms with Gasteiger partial charge in [0.25, 0.3) is 0 Å². The minimum absolute atomic E-state index is 0. The smallest absolute Gasteiger partial charge is 0.243 e. The van der Waals surface area contributed by atoms with Gasteiger partial charge in [0.05, 0.1) is 4.90 Å².